The minimum atomic E-state index is -3.78. The van der Waals surface area contributed by atoms with Crippen LogP contribution in [0.2, 0.25) is 5.02 Å². The molecule has 1 fully saturated rings. The zero-order valence-corrected chi connectivity index (χ0v) is 19.7. The van der Waals surface area contributed by atoms with Crippen LogP contribution >= 0.6 is 11.6 Å². The number of alkyl halides is 2. The number of imidazole rings is 1. The lowest BCUT2D eigenvalue weighted by Gasteiger charge is -2.23. The van der Waals surface area contributed by atoms with Crippen molar-refractivity contribution in [3.05, 3.63) is 63.7 Å². The first-order chi connectivity index (χ1) is 17.7. The van der Waals surface area contributed by atoms with E-state index >= 15 is 0 Å². The van der Waals surface area contributed by atoms with Crippen LogP contribution in [0.15, 0.2) is 47.5 Å². The zero-order chi connectivity index (χ0) is 25.9. The molecule has 0 saturated heterocycles. The number of anilines is 1. The van der Waals surface area contributed by atoms with E-state index in [1.165, 1.54) is 29.4 Å². The van der Waals surface area contributed by atoms with Crippen LogP contribution in [0.1, 0.15) is 18.4 Å². The molecule has 13 heteroatoms. The summed E-state index contributed by atoms with van der Waals surface area (Å²) in [5.74, 6) is -0.782. The Kier molecular flexibility index (Phi) is 5.39. The Morgan fingerprint density at radius 2 is 2.00 bits per heavy atom. The quantitative estimate of drug-likeness (QED) is 0.392. The van der Waals surface area contributed by atoms with Crippen LogP contribution in [-0.4, -0.2) is 43.1 Å². The fourth-order valence-electron chi connectivity index (χ4n) is 4.35. The van der Waals surface area contributed by atoms with Crippen LogP contribution in [0.5, 0.6) is 11.5 Å². The average Bonchev–Trinajstić information content (AvgIpc) is 3.45. The molecule has 0 atom stereocenters. The van der Waals surface area contributed by atoms with Crippen LogP contribution in [0, 0.1) is 0 Å². The topological polar surface area (TPSA) is 123 Å². The number of fused-ring (bicyclic) bond motifs is 2. The Morgan fingerprint density at radius 3 is 2.76 bits per heavy atom. The second-order valence-electron chi connectivity index (χ2n) is 8.74. The number of benzene rings is 2. The summed E-state index contributed by atoms with van der Waals surface area (Å²) in [4.78, 5) is 35.1. The average molecular weight is 530 g/mol. The van der Waals surface area contributed by atoms with Crippen molar-refractivity contribution in [2.45, 2.75) is 38.3 Å². The maximum atomic E-state index is 13.5. The third-order valence-corrected chi connectivity index (χ3v) is 6.29. The van der Waals surface area contributed by atoms with E-state index in [1.807, 2.05) is 0 Å². The summed E-state index contributed by atoms with van der Waals surface area (Å²) >= 11 is 6.21. The third-order valence-electron chi connectivity index (χ3n) is 6.08. The molecular formula is C24H18ClF2N5O5. The molecule has 2 aromatic carbocycles. The fraction of sp³-hybridized carbons (Fsp3) is 0.250. The predicted molar refractivity (Wildman–Crippen MR) is 128 cm³/mol. The summed E-state index contributed by atoms with van der Waals surface area (Å²) < 4.78 is 36.9. The minimum Gasteiger partial charge on any atom is -0.395 e. The van der Waals surface area contributed by atoms with Gasteiger partial charge in [0.1, 0.15) is 12.2 Å². The van der Waals surface area contributed by atoms with Gasteiger partial charge < -0.3 is 24.5 Å². The number of halogens is 3. The molecule has 37 heavy (non-hydrogen) atoms. The highest BCUT2D eigenvalue weighted by atomic mass is 35.5. The maximum Gasteiger partial charge on any atom is 0.586 e. The van der Waals surface area contributed by atoms with E-state index in [1.54, 1.807) is 18.2 Å². The molecule has 3 heterocycles. The Morgan fingerprint density at radius 1 is 1.22 bits per heavy atom. The first kappa shape index (κ1) is 23.4. The van der Waals surface area contributed by atoms with Crippen LogP contribution in [-0.2, 0) is 17.9 Å². The number of H-pyrrole nitrogens is 1. The van der Waals surface area contributed by atoms with Crippen LogP contribution in [0.25, 0.3) is 22.3 Å². The minimum absolute atomic E-state index is 0.0756. The number of carbonyl (C=O) groups is 1. The fourth-order valence-corrected chi connectivity index (χ4v) is 4.60. The first-order valence-corrected chi connectivity index (χ1v) is 11.7. The number of nitrogens with zero attached hydrogens (tertiary/aromatic N) is 4. The molecule has 1 amide bonds. The molecule has 0 bridgehead atoms. The molecule has 1 aliphatic carbocycles. The third kappa shape index (κ3) is 4.27. The number of carbonyl (C=O) groups excluding carboxylic acids is 1. The van der Waals surface area contributed by atoms with Gasteiger partial charge in [0, 0.05) is 28.4 Å². The molecule has 0 unspecified atom stereocenters. The highest BCUT2D eigenvalue weighted by molar-refractivity contribution is 6.31. The van der Waals surface area contributed by atoms with E-state index in [9.17, 15) is 23.5 Å². The summed E-state index contributed by atoms with van der Waals surface area (Å²) in [6, 6.07) is 8.85. The smallest absolute Gasteiger partial charge is 0.395 e. The SMILES string of the molecule is O=C(Cn1nc(-c2cc(Cl)cc(CO)c2)c2[nH]cnc2c1=O)N(c1ccc2c(c1)OC(F)(F)O2)C1CC1. The summed E-state index contributed by atoms with van der Waals surface area (Å²) in [7, 11) is 0. The van der Waals surface area contributed by atoms with Gasteiger partial charge in [-0.3, -0.25) is 9.59 Å². The number of nitrogens with one attached hydrogen (secondary N) is 1. The van der Waals surface area contributed by atoms with Gasteiger partial charge in [0.25, 0.3) is 5.56 Å². The van der Waals surface area contributed by atoms with Crippen molar-refractivity contribution in [1.29, 1.82) is 0 Å². The van der Waals surface area contributed by atoms with Gasteiger partial charge >= 0.3 is 6.29 Å². The van der Waals surface area contributed by atoms with Crippen molar-refractivity contribution >= 4 is 34.2 Å². The molecule has 0 radical (unpaired) electrons. The second-order valence-corrected chi connectivity index (χ2v) is 9.17. The predicted octanol–water partition coefficient (Wildman–Crippen LogP) is 3.45. The van der Waals surface area contributed by atoms with Gasteiger partial charge in [0.05, 0.1) is 18.5 Å². The number of hydrogen-bond acceptors (Lipinski definition) is 7. The number of aromatic nitrogens is 4. The first-order valence-electron chi connectivity index (χ1n) is 11.3. The number of amides is 1. The van der Waals surface area contributed by atoms with Crippen molar-refractivity contribution in [3.63, 3.8) is 0 Å². The number of aliphatic hydroxyl groups is 1. The molecule has 2 aromatic heterocycles. The normalized spacial score (nSPS) is 15.8. The Labute approximate surface area is 212 Å². The van der Waals surface area contributed by atoms with Crippen molar-refractivity contribution in [3.8, 4) is 22.8 Å². The van der Waals surface area contributed by atoms with Crippen molar-refractivity contribution in [1.82, 2.24) is 19.7 Å². The molecule has 0 spiro atoms. The van der Waals surface area contributed by atoms with Crippen LogP contribution < -0.4 is 19.9 Å². The molecular weight excluding hydrogens is 512 g/mol. The standard InChI is InChI=1S/C24H18ClF2N5O5/c25-14-6-12(10-33)5-13(7-14)20-21-22(29-11-28-21)23(35)31(30-20)9-19(34)32(15-1-2-15)16-3-4-17-18(8-16)37-24(26,27)36-17/h3-8,11,15,33H,1-2,9-10H2,(H,28,29). The molecule has 2 aliphatic rings. The largest absolute Gasteiger partial charge is 0.586 e. The molecule has 4 aromatic rings. The number of aromatic amines is 1. The van der Waals surface area contributed by atoms with E-state index in [-0.39, 0.29) is 29.7 Å². The number of ether oxygens (including phenoxy) is 2. The molecule has 190 valence electrons. The molecule has 6 rings (SSSR count). The van der Waals surface area contributed by atoms with E-state index in [2.05, 4.69) is 24.5 Å². The Bertz CT molecular complexity index is 1620. The highest BCUT2D eigenvalue weighted by Crippen LogP contribution is 2.44. The molecule has 10 nitrogen and oxygen atoms in total. The zero-order valence-electron chi connectivity index (χ0n) is 19.0. The van der Waals surface area contributed by atoms with Gasteiger partial charge in [0.2, 0.25) is 5.91 Å². The monoisotopic (exact) mass is 529 g/mol. The van der Waals surface area contributed by atoms with Crippen LogP contribution in [0.3, 0.4) is 0 Å². The van der Waals surface area contributed by atoms with Crippen molar-refractivity contribution in [2.75, 3.05) is 4.90 Å². The summed E-state index contributed by atoms with van der Waals surface area (Å²) in [6.07, 6.45) is -0.998. The lowest BCUT2D eigenvalue weighted by atomic mass is 10.1. The Balaban J connectivity index is 1.38. The second kappa shape index (κ2) is 8.53. The summed E-state index contributed by atoms with van der Waals surface area (Å²) in [5, 5.41) is 14.4. The number of aliphatic hydroxyl groups excluding tert-OH is 1. The maximum absolute atomic E-state index is 13.5. The molecule has 1 aliphatic heterocycles. The van der Waals surface area contributed by atoms with Gasteiger partial charge in [-0.2, -0.15) is 5.10 Å². The lowest BCUT2D eigenvalue weighted by Crippen LogP contribution is -2.39. The van der Waals surface area contributed by atoms with Crippen LogP contribution in [0.4, 0.5) is 14.5 Å². The summed E-state index contributed by atoms with van der Waals surface area (Å²) in [5.41, 5.74) is 1.56. The Hall–Kier alpha value is -4.03. The lowest BCUT2D eigenvalue weighted by molar-refractivity contribution is -0.286. The molecule has 1 saturated carbocycles. The van der Waals surface area contributed by atoms with Gasteiger partial charge in [-0.25, -0.2) is 9.67 Å². The molecule has 2 N–H and O–H groups in total. The van der Waals surface area contributed by atoms with Gasteiger partial charge in [-0.1, -0.05) is 11.6 Å². The highest BCUT2D eigenvalue weighted by Gasteiger charge is 2.44. The number of hydrogen-bond donors (Lipinski definition) is 2. The van der Waals surface area contributed by atoms with Crippen molar-refractivity contribution < 1.29 is 28.2 Å². The van der Waals surface area contributed by atoms with Crippen molar-refractivity contribution in [2.24, 2.45) is 0 Å². The van der Waals surface area contributed by atoms with Gasteiger partial charge in [-0.05, 0) is 48.7 Å². The van der Waals surface area contributed by atoms with Gasteiger partial charge in [-0.15, -0.1) is 8.78 Å². The van der Waals surface area contributed by atoms with E-state index < -0.39 is 24.3 Å². The van der Waals surface area contributed by atoms with E-state index in [0.29, 0.717) is 33.0 Å². The van der Waals surface area contributed by atoms with Gasteiger partial charge in [0.15, 0.2) is 17.0 Å². The van der Waals surface area contributed by atoms with E-state index in [0.717, 1.165) is 17.5 Å². The number of rotatable bonds is 6. The van der Waals surface area contributed by atoms with E-state index in [4.69, 9.17) is 11.6 Å². The summed E-state index contributed by atoms with van der Waals surface area (Å²) in [6.45, 7) is -0.682.